The molecule has 3 aromatic rings. The zero-order valence-electron chi connectivity index (χ0n) is 18.4. The second kappa shape index (κ2) is 8.42. The highest BCUT2D eigenvalue weighted by atomic mass is 16.5. The molecule has 0 fully saturated rings. The summed E-state index contributed by atoms with van der Waals surface area (Å²) in [6.07, 6.45) is 0.678. The number of anilines is 2. The molecule has 0 saturated carbocycles. The number of amides is 1. The minimum Gasteiger partial charge on any atom is -0.464 e. The highest BCUT2D eigenvalue weighted by molar-refractivity contribution is 6.13. The first-order valence-corrected chi connectivity index (χ1v) is 10.8. The van der Waals surface area contributed by atoms with E-state index >= 15 is 0 Å². The molecule has 4 rings (SSSR count). The Kier molecular flexibility index (Phi) is 5.68. The molecular weight excluding hydrogens is 388 g/mol. The number of aryl methyl sites for hydroxylation is 2. The summed E-state index contributed by atoms with van der Waals surface area (Å²) in [5, 5.41) is 5.53. The van der Waals surface area contributed by atoms with Gasteiger partial charge in [0.1, 0.15) is 0 Å². The van der Waals surface area contributed by atoms with Gasteiger partial charge in [0, 0.05) is 5.56 Å². The molecule has 1 aliphatic rings. The van der Waals surface area contributed by atoms with Crippen molar-refractivity contribution in [3.8, 4) is 0 Å². The number of carbonyl (C=O) groups excluding carboxylic acids is 2. The standard InChI is InChI=1S/C26H28N2O3/c1-5-21-24(26(30)31-6-2)28(23-14-17(4)16(3)13-22(23)27-21)25(29)20-12-11-18-9-7-8-10-19(18)15-20/h7-15,21,24,27H,5-6H2,1-4H3. The van der Waals surface area contributed by atoms with E-state index in [0.29, 0.717) is 17.7 Å². The molecule has 5 heteroatoms. The summed E-state index contributed by atoms with van der Waals surface area (Å²) in [4.78, 5) is 28.5. The van der Waals surface area contributed by atoms with Gasteiger partial charge < -0.3 is 10.1 Å². The van der Waals surface area contributed by atoms with Gasteiger partial charge in [-0.2, -0.15) is 0 Å². The number of hydrogen-bond acceptors (Lipinski definition) is 4. The third kappa shape index (κ3) is 3.76. The maximum atomic E-state index is 13.9. The van der Waals surface area contributed by atoms with Gasteiger partial charge in [-0.05, 0) is 73.4 Å². The fraction of sp³-hybridized carbons (Fsp3) is 0.308. The average molecular weight is 417 g/mol. The van der Waals surface area contributed by atoms with E-state index in [9.17, 15) is 9.59 Å². The fourth-order valence-electron chi connectivity index (χ4n) is 4.24. The van der Waals surface area contributed by atoms with Gasteiger partial charge in [-0.15, -0.1) is 0 Å². The van der Waals surface area contributed by atoms with Crippen LogP contribution in [-0.4, -0.2) is 30.6 Å². The van der Waals surface area contributed by atoms with Crippen molar-refractivity contribution in [1.29, 1.82) is 0 Å². The first kappa shape index (κ1) is 20.9. The third-order valence-corrected chi connectivity index (χ3v) is 6.05. The first-order chi connectivity index (χ1) is 14.9. The number of esters is 1. The van der Waals surface area contributed by atoms with Gasteiger partial charge >= 0.3 is 5.97 Å². The summed E-state index contributed by atoms with van der Waals surface area (Å²) in [5.41, 5.74) is 4.32. The molecule has 160 valence electrons. The predicted molar refractivity (Wildman–Crippen MR) is 125 cm³/mol. The molecule has 0 spiro atoms. The van der Waals surface area contributed by atoms with Gasteiger partial charge in [-0.1, -0.05) is 37.3 Å². The van der Waals surface area contributed by atoms with E-state index in [4.69, 9.17) is 4.74 Å². The van der Waals surface area contributed by atoms with E-state index in [-0.39, 0.29) is 24.5 Å². The molecule has 5 nitrogen and oxygen atoms in total. The summed E-state index contributed by atoms with van der Waals surface area (Å²) in [5.74, 6) is -0.590. The fourth-order valence-corrected chi connectivity index (χ4v) is 4.24. The smallest absolute Gasteiger partial charge is 0.331 e. The van der Waals surface area contributed by atoms with Crippen LogP contribution >= 0.6 is 0 Å². The topological polar surface area (TPSA) is 58.6 Å². The maximum Gasteiger partial charge on any atom is 0.331 e. The number of hydrogen-bond donors (Lipinski definition) is 1. The Balaban J connectivity index is 1.87. The molecule has 0 aliphatic carbocycles. The maximum absolute atomic E-state index is 13.9. The van der Waals surface area contributed by atoms with Crippen molar-refractivity contribution < 1.29 is 14.3 Å². The highest BCUT2D eigenvalue weighted by Crippen LogP contribution is 2.38. The summed E-state index contributed by atoms with van der Waals surface area (Å²) in [7, 11) is 0. The van der Waals surface area contributed by atoms with Crippen molar-refractivity contribution >= 4 is 34.0 Å². The van der Waals surface area contributed by atoms with E-state index in [0.717, 1.165) is 27.6 Å². The van der Waals surface area contributed by atoms with E-state index in [1.807, 2.05) is 69.3 Å². The monoisotopic (exact) mass is 416 g/mol. The van der Waals surface area contributed by atoms with Crippen LogP contribution in [0.25, 0.3) is 10.8 Å². The van der Waals surface area contributed by atoms with Crippen LogP contribution in [0.4, 0.5) is 11.4 Å². The second-order valence-electron chi connectivity index (χ2n) is 8.05. The van der Waals surface area contributed by atoms with Gasteiger partial charge in [0.25, 0.3) is 5.91 Å². The van der Waals surface area contributed by atoms with Gasteiger partial charge in [-0.3, -0.25) is 9.69 Å². The first-order valence-electron chi connectivity index (χ1n) is 10.8. The van der Waals surface area contributed by atoms with Crippen molar-refractivity contribution in [3.63, 3.8) is 0 Å². The Morgan fingerprint density at radius 2 is 1.68 bits per heavy atom. The second-order valence-corrected chi connectivity index (χ2v) is 8.05. The Bertz CT molecular complexity index is 1150. The predicted octanol–water partition coefficient (Wildman–Crippen LogP) is 5.24. The molecule has 0 bridgehead atoms. The van der Waals surface area contributed by atoms with E-state index < -0.39 is 6.04 Å². The van der Waals surface area contributed by atoms with Gasteiger partial charge in [0.05, 0.1) is 24.0 Å². The van der Waals surface area contributed by atoms with Crippen LogP contribution in [0.15, 0.2) is 54.6 Å². The number of nitrogens with zero attached hydrogens (tertiary/aromatic N) is 1. The lowest BCUT2D eigenvalue weighted by molar-refractivity contribution is -0.145. The molecule has 2 unspecified atom stereocenters. The molecule has 1 N–H and O–H groups in total. The average Bonchev–Trinajstić information content (AvgIpc) is 2.78. The SMILES string of the molecule is CCOC(=O)C1C(CC)Nc2cc(C)c(C)cc2N1C(=O)c1ccc2ccccc2c1. The largest absolute Gasteiger partial charge is 0.464 e. The normalized spacial score (nSPS) is 17.7. The van der Waals surface area contributed by atoms with Crippen LogP contribution in [0.3, 0.4) is 0 Å². The minimum absolute atomic E-state index is 0.201. The third-order valence-electron chi connectivity index (χ3n) is 6.05. The lowest BCUT2D eigenvalue weighted by atomic mass is 9.94. The van der Waals surface area contributed by atoms with Gasteiger partial charge in [-0.25, -0.2) is 4.79 Å². The zero-order valence-corrected chi connectivity index (χ0v) is 18.4. The summed E-state index contributed by atoms with van der Waals surface area (Å²) >= 11 is 0. The van der Waals surface area contributed by atoms with Crippen molar-refractivity contribution in [2.75, 3.05) is 16.8 Å². The molecule has 1 aliphatic heterocycles. The van der Waals surface area contributed by atoms with Crippen LogP contribution in [-0.2, 0) is 9.53 Å². The highest BCUT2D eigenvalue weighted by Gasteiger charge is 2.43. The van der Waals surface area contributed by atoms with Crippen molar-refractivity contribution in [2.24, 2.45) is 0 Å². The molecule has 3 aromatic carbocycles. The Labute approximate surface area is 183 Å². The molecule has 1 amide bonds. The Hall–Kier alpha value is -3.34. The molecule has 0 radical (unpaired) electrons. The van der Waals surface area contributed by atoms with Crippen LogP contribution in [0, 0.1) is 13.8 Å². The van der Waals surface area contributed by atoms with E-state index in [1.165, 1.54) is 0 Å². The Morgan fingerprint density at radius 3 is 2.39 bits per heavy atom. The minimum atomic E-state index is -0.737. The van der Waals surface area contributed by atoms with E-state index in [2.05, 4.69) is 11.4 Å². The molecule has 2 atom stereocenters. The van der Waals surface area contributed by atoms with Crippen LogP contribution in [0.5, 0.6) is 0 Å². The number of carbonyl (C=O) groups is 2. The van der Waals surface area contributed by atoms with E-state index in [1.54, 1.807) is 11.8 Å². The summed E-state index contributed by atoms with van der Waals surface area (Å²) in [6.45, 7) is 8.12. The molecule has 31 heavy (non-hydrogen) atoms. The lowest BCUT2D eigenvalue weighted by Gasteiger charge is -2.42. The quantitative estimate of drug-likeness (QED) is 0.591. The van der Waals surface area contributed by atoms with Crippen molar-refractivity contribution in [3.05, 3.63) is 71.3 Å². The van der Waals surface area contributed by atoms with Crippen molar-refractivity contribution in [2.45, 2.75) is 46.2 Å². The van der Waals surface area contributed by atoms with Crippen LogP contribution in [0.1, 0.15) is 41.8 Å². The number of ether oxygens (including phenoxy) is 1. The summed E-state index contributed by atoms with van der Waals surface area (Å²) in [6, 6.07) is 16.7. The molecular formula is C26H28N2O3. The lowest BCUT2D eigenvalue weighted by Crippen LogP contribution is -2.57. The Morgan fingerprint density at radius 1 is 0.968 bits per heavy atom. The number of nitrogens with one attached hydrogen (secondary N) is 1. The zero-order chi connectivity index (χ0) is 22.1. The number of fused-ring (bicyclic) bond motifs is 2. The molecule has 0 saturated heterocycles. The van der Waals surface area contributed by atoms with Crippen molar-refractivity contribution in [1.82, 2.24) is 0 Å². The molecule has 0 aromatic heterocycles. The van der Waals surface area contributed by atoms with Gasteiger partial charge in [0.2, 0.25) is 0 Å². The van der Waals surface area contributed by atoms with Crippen LogP contribution in [0.2, 0.25) is 0 Å². The number of benzene rings is 3. The summed E-state index contributed by atoms with van der Waals surface area (Å²) < 4.78 is 5.40. The van der Waals surface area contributed by atoms with Gasteiger partial charge in [0.15, 0.2) is 6.04 Å². The molecule has 1 heterocycles. The number of rotatable bonds is 4. The van der Waals surface area contributed by atoms with Crippen LogP contribution < -0.4 is 10.2 Å².